The first-order valence-corrected chi connectivity index (χ1v) is 8.10. The molecule has 1 aliphatic heterocycles. The topological polar surface area (TPSA) is 98.2 Å². The van der Waals surface area contributed by atoms with Crippen molar-refractivity contribution in [3.05, 3.63) is 39.3 Å². The fourth-order valence-electron chi connectivity index (χ4n) is 2.23. The molecule has 23 heavy (non-hydrogen) atoms. The fourth-order valence-corrected chi connectivity index (χ4v) is 2.86. The maximum absolute atomic E-state index is 12.3. The number of nitro groups is 1. The van der Waals surface area contributed by atoms with Gasteiger partial charge in [-0.3, -0.25) is 10.1 Å². The molecule has 1 aromatic heterocycles. The monoisotopic (exact) mass is 339 g/mol. The van der Waals surface area contributed by atoms with Crippen molar-refractivity contribution in [2.24, 2.45) is 4.99 Å². The standard InChI is InChI=1S/C14H17N3O5S/c1-5-21-13(18)11-8(2)16(3)14(23-4)15-12(11)9-6-7-10(22-9)17(19)20/h6-7,12H,5H2,1-4H3. The van der Waals surface area contributed by atoms with Gasteiger partial charge in [0.15, 0.2) is 5.17 Å². The van der Waals surface area contributed by atoms with Crippen LogP contribution in [0.4, 0.5) is 5.88 Å². The molecule has 0 N–H and O–H groups in total. The van der Waals surface area contributed by atoms with E-state index in [0.29, 0.717) is 16.4 Å². The minimum Gasteiger partial charge on any atom is -0.463 e. The highest BCUT2D eigenvalue weighted by molar-refractivity contribution is 8.13. The van der Waals surface area contributed by atoms with Crippen molar-refractivity contribution in [3.63, 3.8) is 0 Å². The predicted octanol–water partition coefficient (Wildman–Crippen LogP) is 2.73. The van der Waals surface area contributed by atoms with Gasteiger partial charge in [-0.1, -0.05) is 11.8 Å². The lowest BCUT2D eigenvalue weighted by molar-refractivity contribution is -0.402. The summed E-state index contributed by atoms with van der Waals surface area (Å²) in [6.45, 7) is 3.72. The van der Waals surface area contributed by atoms with Crippen LogP contribution in [-0.2, 0) is 9.53 Å². The molecule has 0 aromatic carbocycles. The number of esters is 1. The van der Waals surface area contributed by atoms with Crippen molar-refractivity contribution in [2.75, 3.05) is 19.9 Å². The Labute approximate surface area is 137 Å². The normalized spacial score (nSPS) is 18.0. The smallest absolute Gasteiger partial charge is 0.433 e. The summed E-state index contributed by atoms with van der Waals surface area (Å²) in [6, 6.07) is 1.95. The number of carbonyl (C=O) groups excluding carboxylic acids is 1. The highest BCUT2D eigenvalue weighted by Gasteiger charge is 2.35. The SMILES string of the molecule is CCOC(=O)C1=C(C)N(C)C(SC)=NC1c1ccc([N+](=O)[O-])o1. The molecule has 1 unspecified atom stereocenters. The van der Waals surface area contributed by atoms with Crippen molar-refractivity contribution in [3.8, 4) is 0 Å². The number of amidine groups is 1. The molecular weight excluding hydrogens is 322 g/mol. The molecule has 0 radical (unpaired) electrons. The minimum atomic E-state index is -0.763. The number of hydrogen-bond acceptors (Lipinski definition) is 8. The first-order chi connectivity index (χ1) is 10.9. The van der Waals surface area contributed by atoms with Crippen LogP contribution >= 0.6 is 11.8 Å². The zero-order valence-corrected chi connectivity index (χ0v) is 14.0. The molecule has 2 rings (SSSR count). The fraction of sp³-hybridized carbons (Fsp3) is 0.429. The molecule has 8 nitrogen and oxygen atoms in total. The van der Waals surface area contributed by atoms with Gasteiger partial charge >= 0.3 is 11.9 Å². The number of furan rings is 1. The maximum Gasteiger partial charge on any atom is 0.433 e. The molecule has 0 aliphatic carbocycles. The van der Waals surface area contributed by atoms with Gasteiger partial charge < -0.3 is 14.1 Å². The molecule has 0 spiro atoms. The second-order valence-corrected chi connectivity index (χ2v) is 5.50. The Kier molecular flexibility index (Phi) is 5.09. The summed E-state index contributed by atoms with van der Waals surface area (Å²) in [7, 11) is 1.80. The highest BCUT2D eigenvalue weighted by atomic mass is 32.2. The van der Waals surface area contributed by atoms with E-state index >= 15 is 0 Å². The van der Waals surface area contributed by atoms with Gasteiger partial charge in [0, 0.05) is 12.7 Å². The van der Waals surface area contributed by atoms with Gasteiger partial charge in [0.2, 0.25) is 0 Å². The lowest BCUT2D eigenvalue weighted by Gasteiger charge is -2.30. The van der Waals surface area contributed by atoms with Crippen LogP contribution in [0.5, 0.6) is 0 Å². The molecule has 0 amide bonds. The van der Waals surface area contributed by atoms with Gasteiger partial charge in [-0.15, -0.1) is 0 Å². The van der Waals surface area contributed by atoms with Gasteiger partial charge in [0.05, 0.1) is 18.2 Å². The van der Waals surface area contributed by atoms with E-state index in [2.05, 4.69) is 4.99 Å². The first-order valence-electron chi connectivity index (χ1n) is 6.88. The molecular formula is C14H17N3O5S. The molecule has 9 heteroatoms. The van der Waals surface area contributed by atoms with E-state index in [0.717, 1.165) is 0 Å². The zero-order chi connectivity index (χ0) is 17.1. The third-order valence-corrected chi connectivity index (χ3v) is 4.18. The number of carbonyl (C=O) groups is 1. The highest BCUT2D eigenvalue weighted by Crippen LogP contribution is 2.37. The van der Waals surface area contributed by atoms with E-state index in [1.165, 1.54) is 23.9 Å². The van der Waals surface area contributed by atoms with Gasteiger partial charge in [-0.2, -0.15) is 0 Å². The Bertz CT molecular complexity index is 694. The number of rotatable bonds is 4. The molecule has 124 valence electrons. The van der Waals surface area contributed by atoms with Crippen LogP contribution in [0.2, 0.25) is 0 Å². The van der Waals surface area contributed by atoms with E-state index < -0.39 is 16.9 Å². The number of allylic oxidation sites excluding steroid dienone is 1. The van der Waals surface area contributed by atoms with E-state index in [9.17, 15) is 14.9 Å². The predicted molar refractivity (Wildman–Crippen MR) is 86.1 cm³/mol. The van der Waals surface area contributed by atoms with Crippen LogP contribution in [0.15, 0.2) is 32.8 Å². The van der Waals surface area contributed by atoms with Crippen LogP contribution < -0.4 is 0 Å². The molecule has 0 fully saturated rings. The summed E-state index contributed by atoms with van der Waals surface area (Å²) in [5.41, 5.74) is 0.989. The number of thioether (sulfide) groups is 1. The van der Waals surface area contributed by atoms with Crippen molar-refractivity contribution >= 4 is 28.8 Å². The number of ether oxygens (including phenoxy) is 1. The van der Waals surface area contributed by atoms with Gasteiger partial charge in [-0.25, -0.2) is 9.79 Å². The first kappa shape index (κ1) is 17.1. The Morgan fingerprint density at radius 3 is 2.78 bits per heavy atom. The number of hydrogen-bond donors (Lipinski definition) is 0. The Morgan fingerprint density at radius 2 is 2.26 bits per heavy atom. The van der Waals surface area contributed by atoms with Crippen LogP contribution in [0.3, 0.4) is 0 Å². The summed E-state index contributed by atoms with van der Waals surface area (Å²) in [6.07, 6.45) is 1.86. The second-order valence-electron chi connectivity index (χ2n) is 4.73. The zero-order valence-electron chi connectivity index (χ0n) is 13.2. The summed E-state index contributed by atoms with van der Waals surface area (Å²) >= 11 is 1.41. The van der Waals surface area contributed by atoms with E-state index in [-0.39, 0.29) is 18.3 Å². The van der Waals surface area contributed by atoms with Gasteiger partial charge in [0.1, 0.15) is 16.7 Å². The summed E-state index contributed by atoms with van der Waals surface area (Å²) < 4.78 is 10.3. The molecule has 1 aromatic rings. The van der Waals surface area contributed by atoms with Crippen molar-refractivity contribution in [1.29, 1.82) is 0 Å². The molecule has 0 saturated heterocycles. The Balaban J connectivity index is 2.51. The van der Waals surface area contributed by atoms with Crippen LogP contribution in [0, 0.1) is 10.1 Å². The largest absolute Gasteiger partial charge is 0.463 e. The number of nitrogens with zero attached hydrogens (tertiary/aromatic N) is 3. The number of aliphatic imine (C=N–C) groups is 1. The maximum atomic E-state index is 12.3. The second kappa shape index (κ2) is 6.86. The van der Waals surface area contributed by atoms with Crippen molar-refractivity contribution in [1.82, 2.24) is 4.90 Å². The molecule has 2 heterocycles. The quantitative estimate of drug-likeness (QED) is 0.472. The molecule has 1 atom stereocenters. The van der Waals surface area contributed by atoms with Crippen LogP contribution in [0.1, 0.15) is 25.6 Å². The lowest BCUT2D eigenvalue weighted by Crippen LogP contribution is -2.32. The molecule has 1 aliphatic rings. The van der Waals surface area contributed by atoms with Crippen LogP contribution in [0.25, 0.3) is 0 Å². The lowest BCUT2D eigenvalue weighted by atomic mass is 10.0. The summed E-state index contributed by atoms with van der Waals surface area (Å²) in [5.74, 6) is -0.663. The molecule has 0 bridgehead atoms. The summed E-state index contributed by atoms with van der Waals surface area (Å²) in [4.78, 5) is 28.8. The minimum absolute atomic E-state index is 0.226. The average molecular weight is 339 g/mol. The van der Waals surface area contributed by atoms with E-state index in [4.69, 9.17) is 9.15 Å². The van der Waals surface area contributed by atoms with Crippen molar-refractivity contribution in [2.45, 2.75) is 19.9 Å². The van der Waals surface area contributed by atoms with Crippen LogP contribution in [-0.4, -0.2) is 40.9 Å². The Hall–Kier alpha value is -2.29. The molecule has 0 saturated carbocycles. The third kappa shape index (κ3) is 3.24. The van der Waals surface area contributed by atoms with E-state index in [1.807, 2.05) is 6.26 Å². The van der Waals surface area contributed by atoms with Gasteiger partial charge in [-0.05, 0) is 26.2 Å². The average Bonchev–Trinajstić information content (AvgIpc) is 2.99. The van der Waals surface area contributed by atoms with E-state index in [1.54, 1.807) is 25.8 Å². The van der Waals surface area contributed by atoms with Gasteiger partial charge in [0.25, 0.3) is 0 Å². The summed E-state index contributed by atoms with van der Waals surface area (Å²) in [5, 5.41) is 11.5. The third-order valence-electron chi connectivity index (χ3n) is 3.43. The van der Waals surface area contributed by atoms with Crippen molar-refractivity contribution < 1.29 is 18.9 Å². The Morgan fingerprint density at radius 1 is 1.57 bits per heavy atom.